The molecule has 6 nitrogen and oxygen atoms in total. The normalized spacial score (nSPS) is 10.8. The Labute approximate surface area is 185 Å². The van der Waals surface area contributed by atoms with E-state index in [-0.39, 0.29) is 22.6 Å². The van der Waals surface area contributed by atoms with Crippen LogP contribution in [0, 0.1) is 0 Å². The second-order valence-corrected chi connectivity index (χ2v) is 8.53. The number of aromatic nitrogens is 2. The molecule has 0 saturated heterocycles. The molecular formula is C19H14Cl2N4O2S2. The van der Waals surface area contributed by atoms with E-state index in [1.165, 1.54) is 29.2 Å². The van der Waals surface area contributed by atoms with Gasteiger partial charge in [-0.25, -0.2) is 0 Å². The number of amides is 2. The smallest absolute Gasteiger partial charge is 0.250 e. The number of nitrogens with one attached hydrogen (secondary N) is 2. The lowest BCUT2D eigenvalue weighted by Gasteiger charge is -2.07. The molecule has 1 aromatic heterocycles. The Morgan fingerprint density at radius 3 is 2.62 bits per heavy atom. The highest BCUT2D eigenvalue weighted by molar-refractivity contribution is 8.01. The van der Waals surface area contributed by atoms with Crippen LogP contribution in [0.25, 0.3) is 6.08 Å². The van der Waals surface area contributed by atoms with Gasteiger partial charge in [-0.05, 0) is 23.8 Å². The van der Waals surface area contributed by atoms with Crippen molar-refractivity contribution in [1.82, 2.24) is 10.2 Å². The quantitative estimate of drug-likeness (QED) is 0.284. The summed E-state index contributed by atoms with van der Waals surface area (Å²) < 4.78 is 0.555. The lowest BCUT2D eigenvalue weighted by molar-refractivity contribution is -0.114. The van der Waals surface area contributed by atoms with Crippen LogP contribution < -0.4 is 10.6 Å². The third kappa shape index (κ3) is 6.57. The Morgan fingerprint density at radius 1 is 1.03 bits per heavy atom. The van der Waals surface area contributed by atoms with E-state index < -0.39 is 0 Å². The van der Waals surface area contributed by atoms with Crippen molar-refractivity contribution in [3.63, 3.8) is 0 Å². The third-order valence-electron chi connectivity index (χ3n) is 3.42. The molecule has 0 radical (unpaired) electrons. The van der Waals surface area contributed by atoms with Crippen LogP contribution in [-0.4, -0.2) is 27.8 Å². The summed E-state index contributed by atoms with van der Waals surface area (Å²) in [5.41, 5.74) is 1.36. The molecule has 0 aliphatic rings. The summed E-state index contributed by atoms with van der Waals surface area (Å²) in [6.07, 6.45) is 3.13. The highest BCUT2D eigenvalue weighted by atomic mass is 35.5. The molecule has 10 heteroatoms. The van der Waals surface area contributed by atoms with Gasteiger partial charge in [-0.15, -0.1) is 10.2 Å². The van der Waals surface area contributed by atoms with E-state index in [1.807, 2.05) is 30.3 Å². The fourth-order valence-corrected chi connectivity index (χ4v) is 4.02. The maximum absolute atomic E-state index is 12.1. The fourth-order valence-electron chi connectivity index (χ4n) is 2.12. The van der Waals surface area contributed by atoms with Crippen LogP contribution in [0.4, 0.5) is 10.8 Å². The molecule has 0 unspecified atom stereocenters. The van der Waals surface area contributed by atoms with Crippen molar-refractivity contribution in [2.45, 2.75) is 4.34 Å². The summed E-state index contributed by atoms with van der Waals surface area (Å²) in [7, 11) is 0. The first-order chi connectivity index (χ1) is 14.0. The number of carbonyl (C=O) groups is 2. The third-order valence-corrected chi connectivity index (χ3v) is 6.21. The van der Waals surface area contributed by atoms with Gasteiger partial charge in [0.25, 0.3) is 0 Å². The largest absolute Gasteiger partial charge is 0.324 e. The van der Waals surface area contributed by atoms with Gasteiger partial charge in [-0.3, -0.25) is 14.9 Å². The minimum Gasteiger partial charge on any atom is -0.324 e. The molecule has 3 rings (SSSR count). The number of rotatable bonds is 7. The summed E-state index contributed by atoms with van der Waals surface area (Å²) in [6, 6.07) is 14.5. The van der Waals surface area contributed by atoms with Gasteiger partial charge >= 0.3 is 0 Å². The molecule has 0 saturated carbocycles. The van der Waals surface area contributed by atoms with E-state index in [2.05, 4.69) is 20.8 Å². The zero-order valence-corrected chi connectivity index (χ0v) is 17.9. The number of hydrogen-bond acceptors (Lipinski definition) is 6. The van der Waals surface area contributed by atoms with E-state index in [4.69, 9.17) is 23.2 Å². The molecule has 0 spiro atoms. The topological polar surface area (TPSA) is 84.0 Å². The highest BCUT2D eigenvalue weighted by Crippen LogP contribution is 2.30. The molecule has 0 fully saturated rings. The van der Waals surface area contributed by atoms with Crippen molar-refractivity contribution in [3.05, 3.63) is 70.2 Å². The second kappa shape index (κ2) is 10.4. The van der Waals surface area contributed by atoms with Crippen molar-refractivity contribution in [2.24, 2.45) is 0 Å². The van der Waals surface area contributed by atoms with E-state index in [0.29, 0.717) is 20.2 Å². The minimum atomic E-state index is -0.310. The molecule has 29 heavy (non-hydrogen) atoms. The number of thioether (sulfide) groups is 1. The molecule has 3 aromatic rings. The summed E-state index contributed by atoms with van der Waals surface area (Å²) >= 11 is 14.4. The van der Waals surface area contributed by atoms with Gasteiger partial charge in [-0.2, -0.15) is 0 Å². The van der Waals surface area contributed by atoms with Crippen molar-refractivity contribution >= 4 is 75.0 Å². The Kier molecular flexibility index (Phi) is 7.65. The van der Waals surface area contributed by atoms with Gasteiger partial charge in [0.1, 0.15) is 0 Å². The van der Waals surface area contributed by atoms with Crippen LogP contribution >= 0.6 is 46.3 Å². The van der Waals surface area contributed by atoms with Crippen LogP contribution in [0.3, 0.4) is 0 Å². The fraction of sp³-hybridized carbons (Fsp3) is 0.0526. The van der Waals surface area contributed by atoms with Crippen LogP contribution in [0.2, 0.25) is 10.0 Å². The first kappa shape index (κ1) is 21.3. The van der Waals surface area contributed by atoms with Crippen LogP contribution in [0.5, 0.6) is 0 Å². The summed E-state index contributed by atoms with van der Waals surface area (Å²) in [5.74, 6) is -0.458. The number of carbonyl (C=O) groups excluding carboxylic acids is 2. The van der Waals surface area contributed by atoms with Gasteiger partial charge in [0.05, 0.1) is 21.5 Å². The first-order valence-electron chi connectivity index (χ1n) is 8.25. The molecule has 0 aliphatic carbocycles. The molecule has 0 atom stereocenters. The van der Waals surface area contributed by atoms with Crippen LogP contribution in [-0.2, 0) is 9.59 Å². The Morgan fingerprint density at radius 2 is 1.83 bits per heavy atom. The Balaban J connectivity index is 1.48. The average Bonchev–Trinajstić information content (AvgIpc) is 3.16. The number of nitrogens with zero attached hydrogens (tertiary/aromatic N) is 2. The Bertz CT molecular complexity index is 1040. The zero-order chi connectivity index (χ0) is 20.6. The lowest BCUT2D eigenvalue weighted by atomic mass is 10.2. The predicted octanol–water partition coefficient (Wildman–Crippen LogP) is 5.23. The second-order valence-electron chi connectivity index (χ2n) is 5.54. The first-order valence-corrected chi connectivity index (χ1v) is 10.8. The predicted molar refractivity (Wildman–Crippen MR) is 120 cm³/mol. The Hall–Kier alpha value is -2.39. The summed E-state index contributed by atoms with van der Waals surface area (Å²) in [5, 5.41) is 14.2. The molecule has 2 aromatic carbocycles. The van der Waals surface area contributed by atoms with Crippen molar-refractivity contribution in [1.29, 1.82) is 0 Å². The van der Waals surface area contributed by atoms with Gasteiger partial charge in [0, 0.05) is 6.08 Å². The molecule has 0 bridgehead atoms. The summed E-state index contributed by atoms with van der Waals surface area (Å²) in [6.45, 7) is 0. The van der Waals surface area contributed by atoms with Crippen LogP contribution in [0.1, 0.15) is 5.56 Å². The monoisotopic (exact) mass is 464 g/mol. The van der Waals surface area contributed by atoms with E-state index in [9.17, 15) is 9.59 Å². The molecular weight excluding hydrogens is 451 g/mol. The summed E-state index contributed by atoms with van der Waals surface area (Å²) in [4.78, 5) is 24.1. The lowest BCUT2D eigenvalue weighted by Crippen LogP contribution is -2.14. The van der Waals surface area contributed by atoms with Gasteiger partial charge in [-0.1, -0.05) is 82.7 Å². The highest BCUT2D eigenvalue weighted by Gasteiger charge is 2.11. The van der Waals surface area contributed by atoms with E-state index in [1.54, 1.807) is 24.3 Å². The van der Waals surface area contributed by atoms with Crippen molar-refractivity contribution in [2.75, 3.05) is 16.4 Å². The van der Waals surface area contributed by atoms with Gasteiger partial charge in [0.2, 0.25) is 16.9 Å². The molecule has 2 N–H and O–H groups in total. The van der Waals surface area contributed by atoms with Gasteiger partial charge in [0.15, 0.2) is 4.34 Å². The maximum atomic E-state index is 12.1. The minimum absolute atomic E-state index is 0.110. The van der Waals surface area contributed by atoms with Crippen molar-refractivity contribution in [3.8, 4) is 0 Å². The number of halogens is 2. The average molecular weight is 465 g/mol. The number of benzene rings is 2. The number of anilines is 2. The van der Waals surface area contributed by atoms with Gasteiger partial charge < -0.3 is 5.32 Å². The number of hydrogen-bond donors (Lipinski definition) is 2. The van der Waals surface area contributed by atoms with E-state index in [0.717, 1.165) is 5.56 Å². The molecule has 148 valence electrons. The molecule has 1 heterocycles. The SMILES string of the molecule is O=C(C=Cc1ccccc1)Nc1nnc(SCC(=O)Nc2cccc(Cl)c2Cl)s1. The molecule has 0 aliphatic heterocycles. The van der Waals surface area contributed by atoms with Crippen molar-refractivity contribution < 1.29 is 9.59 Å². The van der Waals surface area contributed by atoms with Crippen LogP contribution in [0.15, 0.2) is 58.9 Å². The molecule has 2 amide bonds. The maximum Gasteiger partial charge on any atom is 0.250 e. The zero-order valence-electron chi connectivity index (χ0n) is 14.8. The standard InChI is InChI=1S/C19H14Cl2N4O2S2/c20-13-7-4-8-14(17(13)21)22-16(27)11-28-19-25-24-18(29-19)23-15(26)10-9-12-5-2-1-3-6-12/h1-10H,11H2,(H,22,27)(H,23,24,26). The van der Waals surface area contributed by atoms with E-state index >= 15 is 0 Å².